The highest BCUT2D eigenvalue weighted by molar-refractivity contribution is 5.01. The molecule has 1 unspecified atom stereocenters. The SMILES string of the molecule is CCCN(C(C)C)C(C)(CN)C1CC1. The summed E-state index contributed by atoms with van der Waals surface area (Å²) in [5, 5.41) is 0. The Hall–Kier alpha value is -0.0800. The molecule has 0 spiro atoms. The van der Waals surface area contributed by atoms with Crippen molar-refractivity contribution in [2.75, 3.05) is 13.1 Å². The van der Waals surface area contributed by atoms with Crippen molar-refractivity contribution in [1.29, 1.82) is 0 Å². The standard InChI is InChI=1S/C12H26N2/c1-5-8-14(10(2)3)12(4,9-13)11-6-7-11/h10-11H,5-9,13H2,1-4H3. The van der Waals surface area contributed by atoms with Gasteiger partial charge in [0.1, 0.15) is 0 Å². The Morgan fingerprint density at radius 1 is 1.43 bits per heavy atom. The largest absolute Gasteiger partial charge is 0.329 e. The Labute approximate surface area is 88.8 Å². The van der Waals surface area contributed by atoms with Crippen LogP contribution >= 0.6 is 0 Å². The second-order valence-electron chi connectivity index (χ2n) is 5.12. The molecule has 14 heavy (non-hydrogen) atoms. The molecule has 0 heterocycles. The normalized spacial score (nSPS) is 21.6. The first-order chi connectivity index (χ1) is 6.56. The number of nitrogens with zero attached hydrogens (tertiary/aromatic N) is 1. The zero-order valence-corrected chi connectivity index (χ0v) is 10.2. The van der Waals surface area contributed by atoms with E-state index in [2.05, 4.69) is 32.6 Å². The molecule has 0 amide bonds. The molecule has 0 bridgehead atoms. The van der Waals surface area contributed by atoms with Crippen molar-refractivity contribution in [3.63, 3.8) is 0 Å². The summed E-state index contributed by atoms with van der Waals surface area (Å²) in [6.07, 6.45) is 3.97. The molecular weight excluding hydrogens is 172 g/mol. The summed E-state index contributed by atoms with van der Waals surface area (Å²) in [5.41, 5.74) is 6.23. The average molecular weight is 198 g/mol. The minimum absolute atomic E-state index is 0.254. The Kier molecular flexibility index (Phi) is 3.96. The molecule has 0 aliphatic heterocycles. The summed E-state index contributed by atoms with van der Waals surface area (Å²) in [5.74, 6) is 0.849. The molecule has 0 saturated heterocycles. The van der Waals surface area contributed by atoms with Crippen molar-refractivity contribution in [1.82, 2.24) is 4.90 Å². The van der Waals surface area contributed by atoms with Crippen molar-refractivity contribution in [3.05, 3.63) is 0 Å². The van der Waals surface area contributed by atoms with Crippen LogP contribution in [0, 0.1) is 5.92 Å². The quantitative estimate of drug-likeness (QED) is 0.709. The van der Waals surface area contributed by atoms with Crippen LogP contribution in [0.3, 0.4) is 0 Å². The van der Waals surface area contributed by atoms with Crippen LogP contribution in [0.4, 0.5) is 0 Å². The molecule has 0 radical (unpaired) electrons. The van der Waals surface area contributed by atoms with Gasteiger partial charge in [-0.15, -0.1) is 0 Å². The number of hydrogen-bond donors (Lipinski definition) is 1. The Bertz CT molecular complexity index is 175. The minimum atomic E-state index is 0.254. The van der Waals surface area contributed by atoms with Gasteiger partial charge in [0.25, 0.3) is 0 Å². The van der Waals surface area contributed by atoms with Crippen LogP contribution in [-0.4, -0.2) is 29.6 Å². The van der Waals surface area contributed by atoms with Gasteiger partial charge >= 0.3 is 0 Å². The van der Waals surface area contributed by atoms with Crippen LogP contribution in [0.15, 0.2) is 0 Å². The Morgan fingerprint density at radius 3 is 2.29 bits per heavy atom. The zero-order valence-electron chi connectivity index (χ0n) is 10.2. The van der Waals surface area contributed by atoms with Gasteiger partial charge in [0.05, 0.1) is 0 Å². The van der Waals surface area contributed by atoms with Gasteiger partial charge in [-0.1, -0.05) is 6.92 Å². The lowest BCUT2D eigenvalue weighted by molar-refractivity contribution is 0.0575. The number of nitrogens with two attached hydrogens (primary N) is 1. The smallest absolute Gasteiger partial charge is 0.0334 e. The van der Waals surface area contributed by atoms with Crippen LogP contribution in [-0.2, 0) is 0 Å². The second-order valence-corrected chi connectivity index (χ2v) is 5.12. The maximum absolute atomic E-state index is 5.98. The molecule has 1 rings (SSSR count). The maximum Gasteiger partial charge on any atom is 0.0334 e. The first kappa shape index (κ1) is 12.0. The maximum atomic E-state index is 5.98. The summed E-state index contributed by atoms with van der Waals surface area (Å²) in [6, 6.07) is 0.615. The van der Waals surface area contributed by atoms with E-state index in [9.17, 15) is 0 Å². The van der Waals surface area contributed by atoms with Gasteiger partial charge in [-0.2, -0.15) is 0 Å². The first-order valence-electron chi connectivity index (χ1n) is 6.03. The second kappa shape index (κ2) is 4.63. The van der Waals surface area contributed by atoms with Gasteiger partial charge in [-0.05, 0) is 52.5 Å². The van der Waals surface area contributed by atoms with E-state index in [0.717, 1.165) is 12.5 Å². The monoisotopic (exact) mass is 198 g/mol. The molecule has 1 aliphatic carbocycles. The summed E-state index contributed by atoms with van der Waals surface area (Å²) in [7, 11) is 0. The van der Waals surface area contributed by atoms with Crippen LogP contribution < -0.4 is 5.73 Å². The molecule has 2 N–H and O–H groups in total. The molecule has 1 aliphatic rings. The highest BCUT2D eigenvalue weighted by atomic mass is 15.2. The third-order valence-electron chi connectivity index (χ3n) is 3.61. The van der Waals surface area contributed by atoms with E-state index >= 15 is 0 Å². The van der Waals surface area contributed by atoms with Gasteiger partial charge in [-0.3, -0.25) is 4.90 Å². The van der Waals surface area contributed by atoms with Crippen LogP contribution in [0.1, 0.15) is 47.0 Å². The average Bonchev–Trinajstić information content (AvgIpc) is 2.95. The van der Waals surface area contributed by atoms with Gasteiger partial charge in [0, 0.05) is 18.1 Å². The topological polar surface area (TPSA) is 29.3 Å². The lowest BCUT2D eigenvalue weighted by atomic mass is 9.91. The summed E-state index contributed by atoms with van der Waals surface area (Å²) in [6.45, 7) is 11.1. The van der Waals surface area contributed by atoms with E-state index in [0.29, 0.717) is 6.04 Å². The molecule has 2 heteroatoms. The van der Waals surface area contributed by atoms with Gasteiger partial charge in [0.15, 0.2) is 0 Å². The van der Waals surface area contributed by atoms with E-state index in [1.54, 1.807) is 0 Å². The fraction of sp³-hybridized carbons (Fsp3) is 1.00. The van der Waals surface area contributed by atoms with Crippen molar-refractivity contribution in [2.24, 2.45) is 11.7 Å². The predicted molar refractivity (Wildman–Crippen MR) is 62.3 cm³/mol. The summed E-state index contributed by atoms with van der Waals surface area (Å²) in [4.78, 5) is 2.60. The molecule has 1 fully saturated rings. The highest BCUT2D eigenvalue weighted by Crippen LogP contribution is 2.43. The molecule has 0 aromatic carbocycles. The molecule has 2 nitrogen and oxygen atoms in total. The third-order valence-corrected chi connectivity index (χ3v) is 3.61. The van der Waals surface area contributed by atoms with Crippen LogP contribution in [0.2, 0.25) is 0 Å². The predicted octanol–water partition coefficient (Wildman–Crippen LogP) is 2.23. The Balaban J connectivity index is 2.70. The minimum Gasteiger partial charge on any atom is -0.329 e. The number of rotatable bonds is 6. The molecule has 84 valence electrons. The fourth-order valence-corrected chi connectivity index (χ4v) is 2.57. The van der Waals surface area contributed by atoms with E-state index in [1.165, 1.54) is 25.8 Å². The van der Waals surface area contributed by atoms with Crippen molar-refractivity contribution in [3.8, 4) is 0 Å². The molecule has 1 atom stereocenters. The molecular formula is C12H26N2. The number of hydrogen-bond acceptors (Lipinski definition) is 2. The van der Waals surface area contributed by atoms with Crippen molar-refractivity contribution >= 4 is 0 Å². The molecule has 0 aromatic rings. The van der Waals surface area contributed by atoms with Gasteiger partial charge < -0.3 is 5.73 Å². The molecule has 0 aromatic heterocycles. The fourth-order valence-electron chi connectivity index (χ4n) is 2.57. The lowest BCUT2D eigenvalue weighted by Crippen LogP contribution is -2.56. The van der Waals surface area contributed by atoms with E-state index in [4.69, 9.17) is 5.73 Å². The summed E-state index contributed by atoms with van der Waals surface area (Å²) < 4.78 is 0. The first-order valence-corrected chi connectivity index (χ1v) is 6.03. The lowest BCUT2D eigenvalue weighted by Gasteiger charge is -2.44. The Morgan fingerprint density at radius 2 is 2.00 bits per heavy atom. The van der Waals surface area contributed by atoms with Crippen molar-refractivity contribution in [2.45, 2.75) is 58.5 Å². The third kappa shape index (κ3) is 2.29. The van der Waals surface area contributed by atoms with Crippen LogP contribution in [0.5, 0.6) is 0 Å². The van der Waals surface area contributed by atoms with Gasteiger partial charge in [0.2, 0.25) is 0 Å². The van der Waals surface area contributed by atoms with E-state index in [1.807, 2.05) is 0 Å². The van der Waals surface area contributed by atoms with E-state index in [-0.39, 0.29) is 5.54 Å². The van der Waals surface area contributed by atoms with Gasteiger partial charge in [-0.25, -0.2) is 0 Å². The highest BCUT2D eigenvalue weighted by Gasteiger charge is 2.44. The molecule has 1 saturated carbocycles. The zero-order chi connectivity index (χ0) is 10.8. The van der Waals surface area contributed by atoms with E-state index < -0.39 is 0 Å². The summed E-state index contributed by atoms with van der Waals surface area (Å²) >= 11 is 0. The van der Waals surface area contributed by atoms with Crippen LogP contribution in [0.25, 0.3) is 0 Å². The van der Waals surface area contributed by atoms with Crippen molar-refractivity contribution < 1.29 is 0 Å².